The first-order valence-corrected chi connectivity index (χ1v) is 5.20. The SMILES string of the molecule is CNC(=O)c1cccc(I)c1Br. The topological polar surface area (TPSA) is 29.1 Å². The fourth-order valence-electron chi connectivity index (χ4n) is 0.814. The van der Waals surface area contributed by atoms with Crippen LogP contribution in [-0.2, 0) is 0 Å². The van der Waals surface area contributed by atoms with Gasteiger partial charge in [0.05, 0.1) is 5.56 Å². The molecule has 4 heteroatoms. The van der Waals surface area contributed by atoms with Crippen molar-refractivity contribution in [3.05, 3.63) is 31.8 Å². The number of hydrogen-bond donors (Lipinski definition) is 1. The zero-order valence-electron chi connectivity index (χ0n) is 6.40. The number of nitrogens with one attached hydrogen (secondary N) is 1. The van der Waals surface area contributed by atoms with Gasteiger partial charge in [-0.25, -0.2) is 0 Å². The molecule has 0 fully saturated rings. The summed E-state index contributed by atoms with van der Waals surface area (Å²) in [6, 6.07) is 5.58. The molecule has 0 aromatic heterocycles. The van der Waals surface area contributed by atoms with Gasteiger partial charge in [0.1, 0.15) is 0 Å². The van der Waals surface area contributed by atoms with E-state index in [0.29, 0.717) is 5.56 Å². The molecule has 0 aliphatic rings. The van der Waals surface area contributed by atoms with Crippen molar-refractivity contribution in [2.75, 3.05) is 7.05 Å². The summed E-state index contributed by atoms with van der Waals surface area (Å²) in [6.45, 7) is 0. The minimum absolute atomic E-state index is 0.0691. The second-order valence-electron chi connectivity index (χ2n) is 2.18. The van der Waals surface area contributed by atoms with Crippen LogP contribution in [0.2, 0.25) is 0 Å². The number of hydrogen-bond acceptors (Lipinski definition) is 1. The summed E-state index contributed by atoms with van der Waals surface area (Å²) in [6.07, 6.45) is 0. The molecule has 1 aromatic carbocycles. The smallest absolute Gasteiger partial charge is 0.252 e. The molecule has 0 aliphatic carbocycles. The van der Waals surface area contributed by atoms with Crippen LogP contribution in [-0.4, -0.2) is 13.0 Å². The predicted octanol–water partition coefficient (Wildman–Crippen LogP) is 2.41. The monoisotopic (exact) mass is 339 g/mol. The Hall–Kier alpha value is -0.100. The normalized spacial score (nSPS) is 9.58. The third-order valence-electron chi connectivity index (χ3n) is 1.42. The minimum atomic E-state index is -0.0691. The first kappa shape index (κ1) is 9.98. The van der Waals surface area contributed by atoms with Crippen LogP contribution in [0.25, 0.3) is 0 Å². The van der Waals surface area contributed by atoms with Gasteiger partial charge in [-0.1, -0.05) is 6.07 Å². The van der Waals surface area contributed by atoms with Gasteiger partial charge in [0, 0.05) is 15.1 Å². The Balaban J connectivity index is 3.16. The summed E-state index contributed by atoms with van der Waals surface area (Å²) in [5.41, 5.74) is 0.671. The predicted molar refractivity (Wildman–Crippen MR) is 60.2 cm³/mol. The fourth-order valence-corrected chi connectivity index (χ4v) is 1.76. The van der Waals surface area contributed by atoms with E-state index in [9.17, 15) is 4.79 Å². The highest BCUT2D eigenvalue weighted by molar-refractivity contribution is 14.1. The lowest BCUT2D eigenvalue weighted by Crippen LogP contribution is -2.18. The fraction of sp³-hybridized carbons (Fsp3) is 0.125. The lowest BCUT2D eigenvalue weighted by atomic mass is 10.2. The average molecular weight is 340 g/mol. The Labute approximate surface area is 93.0 Å². The van der Waals surface area contributed by atoms with E-state index < -0.39 is 0 Å². The summed E-state index contributed by atoms with van der Waals surface area (Å²) in [5, 5.41) is 2.58. The van der Waals surface area contributed by atoms with Crippen LogP contribution in [0, 0.1) is 3.57 Å². The maximum absolute atomic E-state index is 11.2. The molecule has 0 atom stereocenters. The van der Waals surface area contributed by atoms with Crippen molar-refractivity contribution in [1.29, 1.82) is 0 Å². The van der Waals surface area contributed by atoms with Gasteiger partial charge in [-0.2, -0.15) is 0 Å². The molecule has 0 saturated heterocycles. The maximum Gasteiger partial charge on any atom is 0.252 e. The van der Waals surface area contributed by atoms with Crippen LogP contribution in [0.3, 0.4) is 0 Å². The number of carbonyl (C=O) groups is 1. The van der Waals surface area contributed by atoms with Crippen LogP contribution in [0.15, 0.2) is 22.7 Å². The molecule has 0 heterocycles. The third kappa shape index (κ3) is 1.98. The second kappa shape index (κ2) is 4.23. The van der Waals surface area contributed by atoms with E-state index in [0.717, 1.165) is 8.04 Å². The van der Waals surface area contributed by atoms with Crippen molar-refractivity contribution in [1.82, 2.24) is 5.32 Å². The van der Waals surface area contributed by atoms with Crippen molar-refractivity contribution in [3.8, 4) is 0 Å². The molecule has 0 unspecified atom stereocenters. The molecule has 1 amide bonds. The molecular weight excluding hydrogens is 333 g/mol. The number of benzene rings is 1. The van der Waals surface area contributed by atoms with Crippen LogP contribution in [0.4, 0.5) is 0 Å². The van der Waals surface area contributed by atoms with Gasteiger partial charge >= 0.3 is 0 Å². The van der Waals surface area contributed by atoms with E-state index in [1.54, 1.807) is 13.1 Å². The second-order valence-corrected chi connectivity index (χ2v) is 4.14. The summed E-state index contributed by atoms with van der Waals surface area (Å²) < 4.78 is 1.89. The van der Waals surface area contributed by atoms with Crippen LogP contribution >= 0.6 is 38.5 Å². The van der Waals surface area contributed by atoms with E-state index in [-0.39, 0.29) is 5.91 Å². The molecule has 64 valence electrons. The van der Waals surface area contributed by atoms with Gasteiger partial charge in [-0.3, -0.25) is 4.79 Å². The van der Waals surface area contributed by atoms with Crippen molar-refractivity contribution in [2.45, 2.75) is 0 Å². The Morgan fingerprint density at radius 1 is 1.58 bits per heavy atom. The molecule has 0 radical (unpaired) electrons. The quantitative estimate of drug-likeness (QED) is 0.782. The highest BCUT2D eigenvalue weighted by Gasteiger charge is 2.08. The molecule has 12 heavy (non-hydrogen) atoms. The molecule has 2 nitrogen and oxygen atoms in total. The summed E-state index contributed by atoms with van der Waals surface area (Å²) >= 11 is 5.53. The van der Waals surface area contributed by atoms with Crippen molar-refractivity contribution in [2.24, 2.45) is 0 Å². The molecule has 0 bridgehead atoms. The van der Waals surface area contributed by atoms with Crippen LogP contribution in [0.5, 0.6) is 0 Å². The zero-order chi connectivity index (χ0) is 9.14. The molecule has 1 N–H and O–H groups in total. The number of amides is 1. The molecular formula is C8H7BrINO. The van der Waals surface area contributed by atoms with Crippen molar-refractivity contribution in [3.63, 3.8) is 0 Å². The average Bonchev–Trinajstić information content (AvgIpc) is 2.08. The van der Waals surface area contributed by atoms with Crippen LogP contribution < -0.4 is 5.32 Å². The van der Waals surface area contributed by atoms with Gasteiger partial charge in [0.15, 0.2) is 0 Å². The summed E-state index contributed by atoms with van der Waals surface area (Å²) in [4.78, 5) is 11.2. The number of halogens is 2. The highest BCUT2D eigenvalue weighted by Crippen LogP contribution is 2.22. The number of carbonyl (C=O) groups excluding carboxylic acids is 1. The molecule has 0 spiro atoms. The lowest BCUT2D eigenvalue weighted by molar-refractivity contribution is 0.0962. The first-order valence-electron chi connectivity index (χ1n) is 3.33. The van der Waals surface area contributed by atoms with E-state index in [1.165, 1.54) is 0 Å². The summed E-state index contributed by atoms with van der Waals surface area (Å²) in [5.74, 6) is -0.0691. The molecule has 0 aliphatic heterocycles. The van der Waals surface area contributed by atoms with E-state index in [1.807, 2.05) is 12.1 Å². The Morgan fingerprint density at radius 3 is 2.83 bits per heavy atom. The van der Waals surface area contributed by atoms with Crippen molar-refractivity contribution >= 4 is 44.4 Å². The largest absolute Gasteiger partial charge is 0.355 e. The Kier molecular flexibility index (Phi) is 3.52. The zero-order valence-corrected chi connectivity index (χ0v) is 10.1. The van der Waals surface area contributed by atoms with Gasteiger partial charge in [-0.15, -0.1) is 0 Å². The summed E-state index contributed by atoms with van der Waals surface area (Å²) in [7, 11) is 1.62. The van der Waals surface area contributed by atoms with E-state index in [2.05, 4.69) is 43.8 Å². The van der Waals surface area contributed by atoms with Crippen molar-refractivity contribution < 1.29 is 4.79 Å². The molecule has 1 rings (SSSR count). The Bertz CT molecular complexity index is 314. The minimum Gasteiger partial charge on any atom is -0.355 e. The van der Waals surface area contributed by atoms with E-state index in [4.69, 9.17) is 0 Å². The molecule has 0 saturated carbocycles. The third-order valence-corrected chi connectivity index (χ3v) is 3.92. The van der Waals surface area contributed by atoms with Gasteiger partial charge in [0.25, 0.3) is 5.91 Å². The standard InChI is InChI=1S/C8H7BrINO/c1-11-8(12)5-3-2-4-6(10)7(5)9/h2-4H,1H3,(H,11,12). The van der Waals surface area contributed by atoms with Gasteiger partial charge in [-0.05, 0) is 50.7 Å². The molecule has 1 aromatic rings. The lowest BCUT2D eigenvalue weighted by Gasteiger charge is -2.03. The Morgan fingerprint density at radius 2 is 2.25 bits per heavy atom. The van der Waals surface area contributed by atoms with Gasteiger partial charge < -0.3 is 5.32 Å². The first-order chi connectivity index (χ1) is 5.66. The van der Waals surface area contributed by atoms with Gasteiger partial charge in [0.2, 0.25) is 0 Å². The highest BCUT2D eigenvalue weighted by atomic mass is 127. The van der Waals surface area contributed by atoms with Crippen LogP contribution in [0.1, 0.15) is 10.4 Å². The number of rotatable bonds is 1. The maximum atomic E-state index is 11.2. The van der Waals surface area contributed by atoms with E-state index >= 15 is 0 Å².